The van der Waals surface area contributed by atoms with Crippen LogP contribution in [0.5, 0.6) is 0 Å². The second-order valence-corrected chi connectivity index (χ2v) is 2.57. The molecule has 0 fully saturated rings. The van der Waals surface area contributed by atoms with E-state index in [1.54, 1.807) is 13.8 Å². The van der Waals surface area contributed by atoms with Crippen molar-refractivity contribution in [2.24, 2.45) is 0 Å². The normalized spacial score (nSPS) is 8.77. The van der Waals surface area contributed by atoms with Crippen molar-refractivity contribution in [2.45, 2.75) is 13.8 Å². The minimum Gasteiger partial charge on any atom is -0.477 e. The molecule has 0 amide bonds. The van der Waals surface area contributed by atoms with Crippen molar-refractivity contribution in [2.75, 3.05) is 6.61 Å². The van der Waals surface area contributed by atoms with Crippen molar-refractivity contribution >= 4 is 11.9 Å². The van der Waals surface area contributed by atoms with Crippen molar-refractivity contribution in [1.82, 2.24) is 0 Å². The third-order valence-corrected chi connectivity index (χ3v) is 1.25. The van der Waals surface area contributed by atoms with Crippen molar-refractivity contribution in [1.29, 1.82) is 0 Å². The number of esters is 1. The van der Waals surface area contributed by atoms with Gasteiger partial charge in [-0.05, 0) is 13.8 Å². The minimum atomic E-state index is -1.27. The molecule has 72 valence electrons. The number of ether oxygens (including phenoxy) is 1. The van der Waals surface area contributed by atoms with Crippen molar-refractivity contribution in [3.8, 4) is 0 Å². The number of rotatable bonds is 4. The Hall–Kier alpha value is -1.58. The van der Waals surface area contributed by atoms with E-state index in [9.17, 15) is 9.59 Å². The molecule has 0 saturated carbocycles. The first-order chi connectivity index (χ1) is 6.00. The molecule has 0 aromatic rings. The monoisotopic (exact) mass is 184 g/mol. The molecule has 0 aliphatic rings. The molecule has 4 nitrogen and oxygen atoms in total. The zero-order valence-electron chi connectivity index (χ0n) is 7.66. The molecule has 13 heavy (non-hydrogen) atoms. The third kappa shape index (κ3) is 3.55. The van der Waals surface area contributed by atoms with E-state index >= 15 is 0 Å². The van der Waals surface area contributed by atoms with Gasteiger partial charge in [-0.15, -0.1) is 0 Å². The molecular weight excluding hydrogens is 172 g/mol. The molecule has 0 atom stereocenters. The van der Waals surface area contributed by atoms with Gasteiger partial charge in [0.15, 0.2) is 0 Å². The largest absolute Gasteiger partial charge is 0.477 e. The molecule has 0 aromatic heterocycles. The van der Waals surface area contributed by atoms with Gasteiger partial charge in [0.2, 0.25) is 0 Å². The Labute approximate surface area is 76.5 Å². The first kappa shape index (κ1) is 11.4. The van der Waals surface area contributed by atoms with Crippen LogP contribution in [0, 0.1) is 0 Å². The first-order valence-corrected chi connectivity index (χ1v) is 3.69. The highest BCUT2D eigenvalue weighted by atomic mass is 16.5. The summed E-state index contributed by atoms with van der Waals surface area (Å²) in [5.74, 6) is -2.10. The van der Waals surface area contributed by atoms with Gasteiger partial charge in [-0.25, -0.2) is 9.59 Å². The third-order valence-electron chi connectivity index (χ3n) is 1.25. The molecule has 0 bridgehead atoms. The summed E-state index contributed by atoms with van der Waals surface area (Å²) >= 11 is 0. The fourth-order valence-corrected chi connectivity index (χ4v) is 0.712. The maximum atomic E-state index is 11.1. The van der Waals surface area contributed by atoms with E-state index in [1.165, 1.54) is 6.08 Å². The Bertz CT molecular complexity index is 259. The summed E-state index contributed by atoms with van der Waals surface area (Å²) in [6.45, 7) is 6.44. The van der Waals surface area contributed by atoms with Crippen LogP contribution in [0.3, 0.4) is 0 Å². The summed E-state index contributed by atoms with van der Waals surface area (Å²) in [4.78, 5) is 21.6. The van der Waals surface area contributed by atoms with Crippen LogP contribution in [0.25, 0.3) is 0 Å². The summed E-state index contributed by atoms with van der Waals surface area (Å²) in [7, 11) is 0. The SMILES string of the molecule is C=CCOC(=O)C(C(=O)O)=C(C)C. The highest BCUT2D eigenvalue weighted by Crippen LogP contribution is 2.05. The fourth-order valence-electron chi connectivity index (χ4n) is 0.712. The van der Waals surface area contributed by atoms with Gasteiger partial charge in [0, 0.05) is 0 Å². The molecule has 0 radical (unpaired) electrons. The summed E-state index contributed by atoms with van der Waals surface area (Å²) in [6, 6.07) is 0. The van der Waals surface area contributed by atoms with Crippen molar-refractivity contribution in [3.05, 3.63) is 23.8 Å². The smallest absolute Gasteiger partial charge is 0.345 e. The molecule has 0 unspecified atom stereocenters. The van der Waals surface area contributed by atoms with Crippen LogP contribution in [0.2, 0.25) is 0 Å². The average Bonchev–Trinajstić information content (AvgIpc) is 1.99. The van der Waals surface area contributed by atoms with E-state index in [0.29, 0.717) is 5.57 Å². The van der Waals surface area contributed by atoms with E-state index < -0.39 is 11.9 Å². The van der Waals surface area contributed by atoms with Gasteiger partial charge in [0.25, 0.3) is 0 Å². The first-order valence-electron chi connectivity index (χ1n) is 3.69. The molecule has 4 heteroatoms. The lowest BCUT2D eigenvalue weighted by atomic mass is 10.1. The molecule has 0 saturated heterocycles. The maximum Gasteiger partial charge on any atom is 0.345 e. The molecule has 0 heterocycles. The van der Waals surface area contributed by atoms with Gasteiger partial charge in [0.1, 0.15) is 12.2 Å². The van der Waals surface area contributed by atoms with Crippen LogP contribution in [0.15, 0.2) is 23.8 Å². The van der Waals surface area contributed by atoms with E-state index in [1.807, 2.05) is 0 Å². The lowest BCUT2D eigenvalue weighted by Crippen LogP contribution is -2.16. The van der Waals surface area contributed by atoms with Crippen LogP contribution in [-0.4, -0.2) is 23.7 Å². The van der Waals surface area contributed by atoms with E-state index in [2.05, 4.69) is 11.3 Å². The highest BCUT2D eigenvalue weighted by molar-refractivity contribution is 6.13. The number of carbonyl (C=O) groups excluding carboxylic acids is 1. The Morgan fingerprint density at radius 2 is 2.00 bits per heavy atom. The Morgan fingerprint density at radius 1 is 1.46 bits per heavy atom. The van der Waals surface area contributed by atoms with Gasteiger partial charge >= 0.3 is 11.9 Å². The predicted molar refractivity (Wildman–Crippen MR) is 47.2 cm³/mol. The number of carbonyl (C=O) groups is 2. The number of hydrogen-bond donors (Lipinski definition) is 1. The summed E-state index contributed by atoms with van der Waals surface area (Å²) in [5, 5.41) is 8.63. The van der Waals surface area contributed by atoms with Gasteiger partial charge in [0.05, 0.1) is 0 Å². The number of allylic oxidation sites excluding steroid dienone is 1. The quantitative estimate of drug-likeness (QED) is 0.234. The Morgan fingerprint density at radius 3 is 2.31 bits per heavy atom. The second kappa shape index (κ2) is 5.13. The standard InChI is InChI=1S/C9H12O4/c1-4-5-13-9(12)7(6(2)3)8(10)11/h4H,1,5H2,2-3H3,(H,10,11). The van der Waals surface area contributed by atoms with Gasteiger partial charge in [-0.2, -0.15) is 0 Å². The number of carboxylic acids is 1. The van der Waals surface area contributed by atoms with Crippen LogP contribution < -0.4 is 0 Å². The van der Waals surface area contributed by atoms with Gasteiger partial charge in [-0.1, -0.05) is 18.2 Å². The molecule has 0 aliphatic heterocycles. The van der Waals surface area contributed by atoms with Crippen LogP contribution >= 0.6 is 0 Å². The fraction of sp³-hybridized carbons (Fsp3) is 0.333. The van der Waals surface area contributed by atoms with Crippen LogP contribution in [0.4, 0.5) is 0 Å². The van der Waals surface area contributed by atoms with E-state index in [0.717, 1.165) is 0 Å². The second-order valence-electron chi connectivity index (χ2n) is 2.57. The summed E-state index contributed by atoms with van der Waals surface area (Å²) < 4.78 is 4.58. The predicted octanol–water partition coefficient (Wildman–Crippen LogP) is 1.14. The number of carboxylic acid groups (broad SMARTS) is 1. The minimum absolute atomic E-state index is 0.0168. The lowest BCUT2D eigenvalue weighted by Gasteiger charge is -2.03. The summed E-state index contributed by atoms with van der Waals surface area (Å²) in [6.07, 6.45) is 1.38. The van der Waals surface area contributed by atoms with E-state index in [-0.39, 0.29) is 12.2 Å². The number of aliphatic carboxylic acids is 1. The van der Waals surface area contributed by atoms with Crippen molar-refractivity contribution < 1.29 is 19.4 Å². The van der Waals surface area contributed by atoms with E-state index in [4.69, 9.17) is 5.11 Å². The van der Waals surface area contributed by atoms with Gasteiger partial charge in [-0.3, -0.25) is 0 Å². The zero-order chi connectivity index (χ0) is 10.4. The molecule has 1 N–H and O–H groups in total. The van der Waals surface area contributed by atoms with Crippen molar-refractivity contribution in [3.63, 3.8) is 0 Å². The topological polar surface area (TPSA) is 63.6 Å². The zero-order valence-corrected chi connectivity index (χ0v) is 7.66. The Balaban J connectivity index is 4.59. The Kier molecular flexibility index (Phi) is 4.51. The number of hydrogen-bond acceptors (Lipinski definition) is 3. The maximum absolute atomic E-state index is 11.1. The molecule has 0 rings (SSSR count). The van der Waals surface area contributed by atoms with Crippen LogP contribution in [0.1, 0.15) is 13.8 Å². The molecule has 0 spiro atoms. The average molecular weight is 184 g/mol. The highest BCUT2D eigenvalue weighted by Gasteiger charge is 2.19. The van der Waals surface area contributed by atoms with Crippen LogP contribution in [-0.2, 0) is 14.3 Å². The molecule has 0 aliphatic carbocycles. The lowest BCUT2D eigenvalue weighted by molar-refractivity contribution is -0.143. The van der Waals surface area contributed by atoms with Gasteiger partial charge < -0.3 is 9.84 Å². The summed E-state index contributed by atoms with van der Waals surface area (Å²) in [5.41, 5.74) is 0.100. The molecular formula is C9H12O4. The molecule has 0 aromatic carbocycles.